The first kappa shape index (κ1) is 29.3. The average Bonchev–Trinajstić information content (AvgIpc) is 3.48. The number of rotatable bonds is 11. The molecule has 0 atom stereocenters. The number of nitrogens with one attached hydrogen (secondary N) is 1. The van der Waals surface area contributed by atoms with Gasteiger partial charge in [0.15, 0.2) is 5.16 Å². The number of esters is 2. The lowest BCUT2D eigenvalue weighted by Crippen LogP contribution is -2.17. The molecule has 0 aliphatic rings. The highest BCUT2D eigenvalue weighted by molar-refractivity contribution is 7.99. The van der Waals surface area contributed by atoms with E-state index in [2.05, 4.69) is 15.5 Å². The molecule has 1 N–H and O–H groups in total. The van der Waals surface area contributed by atoms with E-state index in [9.17, 15) is 14.4 Å². The van der Waals surface area contributed by atoms with Crippen molar-refractivity contribution in [2.75, 3.05) is 24.3 Å². The third-order valence-corrected chi connectivity index (χ3v) is 8.03. The lowest BCUT2D eigenvalue weighted by atomic mass is 10.1. The summed E-state index contributed by atoms with van der Waals surface area (Å²) < 4.78 is 12.2. The average molecular weight is 599 g/mol. The second-order valence-corrected chi connectivity index (χ2v) is 10.8. The number of ether oxygens (including phenoxy) is 2. The van der Waals surface area contributed by atoms with Gasteiger partial charge in [-0.05, 0) is 56.2 Å². The van der Waals surface area contributed by atoms with Crippen molar-refractivity contribution in [2.45, 2.75) is 32.3 Å². The Hall–Kier alpha value is -3.67. The molecule has 4 rings (SSSR count). The van der Waals surface area contributed by atoms with Crippen molar-refractivity contribution in [3.05, 3.63) is 87.0 Å². The second kappa shape index (κ2) is 13.6. The van der Waals surface area contributed by atoms with Crippen LogP contribution in [0.3, 0.4) is 0 Å². The van der Waals surface area contributed by atoms with Crippen LogP contribution in [0.15, 0.2) is 59.8 Å². The number of thiophene rings is 1. The van der Waals surface area contributed by atoms with E-state index in [-0.39, 0.29) is 40.3 Å². The predicted octanol–water partition coefficient (Wildman–Crippen LogP) is 5.97. The molecular formula is C28H27ClN4O5S2. The van der Waals surface area contributed by atoms with Crippen LogP contribution in [0.2, 0.25) is 5.02 Å². The third kappa shape index (κ3) is 6.90. The molecule has 0 bridgehead atoms. The highest BCUT2D eigenvalue weighted by Crippen LogP contribution is 2.35. The summed E-state index contributed by atoms with van der Waals surface area (Å²) in [5, 5.41) is 12.9. The van der Waals surface area contributed by atoms with Crippen molar-refractivity contribution in [3.8, 4) is 5.69 Å². The summed E-state index contributed by atoms with van der Waals surface area (Å²) in [6.45, 7) is 5.34. The highest BCUT2D eigenvalue weighted by atomic mass is 35.5. The Kier molecular flexibility index (Phi) is 9.97. The number of carbonyl (C=O) groups excluding carboxylic acids is 3. The zero-order valence-corrected chi connectivity index (χ0v) is 24.5. The molecule has 0 unspecified atom stereocenters. The van der Waals surface area contributed by atoms with Gasteiger partial charge in [0.2, 0.25) is 5.91 Å². The van der Waals surface area contributed by atoms with Crippen molar-refractivity contribution in [3.63, 3.8) is 0 Å². The van der Waals surface area contributed by atoms with E-state index in [0.717, 1.165) is 22.6 Å². The molecule has 0 saturated heterocycles. The summed E-state index contributed by atoms with van der Waals surface area (Å²) in [6, 6.07) is 17.2. The van der Waals surface area contributed by atoms with Crippen LogP contribution in [-0.4, -0.2) is 51.6 Å². The molecule has 9 nitrogen and oxygen atoms in total. The van der Waals surface area contributed by atoms with Gasteiger partial charge in [0, 0.05) is 17.1 Å². The van der Waals surface area contributed by atoms with Crippen LogP contribution in [0.4, 0.5) is 5.00 Å². The van der Waals surface area contributed by atoms with Crippen LogP contribution >= 0.6 is 34.7 Å². The fourth-order valence-corrected chi connectivity index (χ4v) is 5.87. The van der Waals surface area contributed by atoms with Gasteiger partial charge in [-0.25, -0.2) is 9.59 Å². The molecule has 208 valence electrons. The van der Waals surface area contributed by atoms with E-state index < -0.39 is 11.9 Å². The maximum atomic E-state index is 13.1. The Morgan fingerprint density at radius 3 is 2.33 bits per heavy atom. The molecular weight excluding hydrogens is 572 g/mol. The summed E-state index contributed by atoms with van der Waals surface area (Å²) in [4.78, 5) is 38.4. The molecule has 2 aromatic heterocycles. The molecule has 0 aliphatic heterocycles. The molecule has 0 radical (unpaired) electrons. The monoisotopic (exact) mass is 598 g/mol. The number of carbonyl (C=O) groups is 3. The molecule has 2 aromatic carbocycles. The zero-order valence-electron chi connectivity index (χ0n) is 22.1. The Bertz CT molecular complexity index is 1500. The molecule has 2 heterocycles. The minimum Gasteiger partial charge on any atom is -0.462 e. The molecule has 4 aromatic rings. The Balaban J connectivity index is 1.57. The zero-order chi connectivity index (χ0) is 28.6. The maximum Gasteiger partial charge on any atom is 0.348 e. The van der Waals surface area contributed by atoms with Gasteiger partial charge >= 0.3 is 11.9 Å². The fourth-order valence-electron chi connectivity index (χ4n) is 3.87. The van der Waals surface area contributed by atoms with Crippen molar-refractivity contribution in [1.29, 1.82) is 0 Å². The van der Waals surface area contributed by atoms with E-state index in [1.165, 1.54) is 11.8 Å². The molecule has 12 heteroatoms. The first-order valence-electron chi connectivity index (χ1n) is 12.5. The topological polar surface area (TPSA) is 112 Å². The fraction of sp³-hybridized carbons (Fsp3) is 0.250. The minimum absolute atomic E-state index is 0.0228. The number of nitrogens with zero attached hydrogens (tertiary/aromatic N) is 3. The normalized spacial score (nSPS) is 10.8. The van der Waals surface area contributed by atoms with Gasteiger partial charge in [0.05, 0.1) is 24.5 Å². The Morgan fingerprint density at radius 1 is 0.975 bits per heavy atom. The first-order chi connectivity index (χ1) is 19.3. The number of anilines is 1. The van der Waals surface area contributed by atoms with E-state index in [1.807, 2.05) is 47.0 Å². The lowest BCUT2D eigenvalue weighted by molar-refractivity contribution is -0.113. The number of thioether (sulfide) groups is 1. The van der Waals surface area contributed by atoms with E-state index in [0.29, 0.717) is 28.0 Å². The lowest BCUT2D eigenvalue weighted by Gasteiger charge is -2.11. The van der Waals surface area contributed by atoms with Crippen molar-refractivity contribution in [2.24, 2.45) is 0 Å². The molecule has 0 fully saturated rings. The maximum absolute atomic E-state index is 13.1. The van der Waals surface area contributed by atoms with Crippen LogP contribution in [0, 0.1) is 6.92 Å². The van der Waals surface area contributed by atoms with Crippen LogP contribution in [0.1, 0.15) is 50.8 Å². The van der Waals surface area contributed by atoms with Crippen LogP contribution in [0.25, 0.3) is 5.69 Å². The smallest absolute Gasteiger partial charge is 0.348 e. The van der Waals surface area contributed by atoms with Gasteiger partial charge in [-0.3, -0.25) is 9.36 Å². The summed E-state index contributed by atoms with van der Waals surface area (Å²) in [5.41, 5.74) is 2.41. The Labute approximate surface area is 244 Å². The van der Waals surface area contributed by atoms with Gasteiger partial charge < -0.3 is 14.8 Å². The number of hydrogen-bond donors (Lipinski definition) is 1. The van der Waals surface area contributed by atoms with E-state index in [4.69, 9.17) is 21.1 Å². The van der Waals surface area contributed by atoms with Gasteiger partial charge in [-0.2, -0.15) is 0 Å². The first-order valence-corrected chi connectivity index (χ1v) is 14.6. The van der Waals surface area contributed by atoms with Gasteiger partial charge in [-0.15, -0.1) is 21.5 Å². The standard InChI is InChI=1S/C28H27ClN4O5S2/c1-4-37-26(35)23-17(3)24(27(36)38-5-2)40-25(23)30-22(34)16-39-28-32-31-21(15-18-9-7-6-8-10-18)33(28)20-13-11-19(29)12-14-20/h6-14H,4-5,15-16H2,1-3H3,(H,30,34). The number of amides is 1. The van der Waals surface area contributed by atoms with E-state index in [1.54, 1.807) is 32.9 Å². The summed E-state index contributed by atoms with van der Waals surface area (Å²) in [6.07, 6.45) is 0.539. The summed E-state index contributed by atoms with van der Waals surface area (Å²) >= 11 is 8.29. The van der Waals surface area contributed by atoms with Crippen molar-refractivity contribution >= 4 is 57.5 Å². The highest BCUT2D eigenvalue weighted by Gasteiger charge is 2.27. The minimum atomic E-state index is -0.622. The van der Waals surface area contributed by atoms with Crippen LogP contribution < -0.4 is 5.32 Å². The van der Waals surface area contributed by atoms with Gasteiger partial charge in [-0.1, -0.05) is 53.7 Å². The SMILES string of the molecule is CCOC(=O)c1sc(NC(=O)CSc2nnc(Cc3ccccc3)n2-c2ccc(Cl)cc2)c(C(=O)OCC)c1C. The van der Waals surface area contributed by atoms with Crippen LogP contribution in [-0.2, 0) is 20.7 Å². The van der Waals surface area contributed by atoms with Gasteiger partial charge in [0.25, 0.3) is 0 Å². The molecule has 0 saturated carbocycles. The van der Waals surface area contributed by atoms with Gasteiger partial charge in [0.1, 0.15) is 15.7 Å². The predicted molar refractivity (Wildman–Crippen MR) is 156 cm³/mol. The largest absolute Gasteiger partial charge is 0.462 e. The number of halogens is 1. The number of hydrogen-bond acceptors (Lipinski definition) is 9. The molecule has 40 heavy (non-hydrogen) atoms. The number of benzene rings is 2. The summed E-state index contributed by atoms with van der Waals surface area (Å²) in [7, 11) is 0. The molecule has 0 spiro atoms. The number of aromatic nitrogens is 3. The van der Waals surface area contributed by atoms with Crippen molar-refractivity contribution in [1.82, 2.24) is 14.8 Å². The summed E-state index contributed by atoms with van der Waals surface area (Å²) in [5.74, 6) is -0.892. The second-order valence-electron chi connectivity index (χ2n) is 8.41. The molecule has 1 amide bonds. The van der Waals surface area contributed by atoms with E-state index >= 15 is 0 Å². The van der Waals surface area contributed by atoms with Crippen molar-refractivity contribution < 1.29 is 23.9 Å². The third-order valence-electron chi connectivity index (χ3n) is 5.66. The quantitative estimate of drug-likeness (QED) is 0.166. The van der Waals surface area contributed by atoms with Crippen LogP contribution in [0.5, 0.6) is 0 Å². The molecule has 0 aliphatic carbocycles. The Morgan fingerprint density at radius 2 is 1.65 bits per heavy atom.